The second-order valence-electron chi connectivity index (χ2n) is 5.46. The summed E-state index contributed by atoms with van der Waals surface area (Å²) in [5.41, 5.74) is 1.66. The van der Waals surface area contributed by atoms with Crippen molar-refractivity contribution >= 4 is 21.8 Å². The zero-order valence-corrected chi connectivity index (χ0v) is 14.3. The van der Waals surface area contributed by atoms with E-state index in [2.05, 4.69) is 4.72 Å². The molecule has 4 nitrogen and oxygen atoms in total. The lowest BCUT2D eigenvalue weighted by Gasteiger charge is -2.23. The second kappa shape index (κ2) is 6.47. The first-order valence-corrected chi connectivity index (χ1v) is 9.25. The minimum Gasteiger partial charge on any atom is -0.388 e. The summed E-state index contributed by atoms with van der Waals surface area (Å²) >= 11 is 1.48. The van der Waals surface area contributed by atoms with Gasteiger partial charge in [-0.15, -0.1) is 0 Å². The molecule has 0 spiro atoms. The van der Waals surface area contributed by atoms with Crippen LogP contribution in [0.1, 0.15) is 23.6 Å². The number of sulfonamides is 1. The third kappa shape index (κ3) is 4.48. The molecule has 1 unspecified atom stereocenters. The van der Waals surface area contributed by atoms with Gasteiger partial charge in [0.2, 0.25) is 10.0 Å². The molecular weight excluding hydrogens is 294 g/mol. The molecule has 0 fully saturated rings. The number of nitrogens with one attached hydrogen (secondary N) is 1. The molecule has 1 aromatic rings. The minimum absolute atomic E-state index is 0.00252. The van der Waals surface area contributed by atoms with Crippen LogP contribution in [0.2, 0.25) is 0 Å². The fraction of sp³-hybridized carbons (Fsp3) is 0.571. The van der Waals surface area contributed by atoms with Crippen molar-refractivity contribution in [3.8, 4) is 0 Å². The highest BCUT2D eigenvalue weighted by molar-refractivity contribution is 7.98. The van der Waals surface area contributed by atoms with Gasteiger partial charge in [-0.05, 0) is 56.7 Å². The van der Waals surface area contributed by atoms with Gasteiger partial charge in [-0.2, -0.15) is 11.8 Å². The predicted octanol–water partition coefficient (Wildman–Crippen LogP) is 2.00. The smallest absolute Gasteiger partial charge is 0.240 e. The van der Waals surface area contributed by atoms with Gasteiger partial charge in [0, 0.05) is 12.3 Å². The van der Waals surface area contributed by atoms with Gasteiger partial charge in [-0.1, -0.05) is 6.07 Å². The van der Waals surface area contributed by atoms with Crippen molar-refractivity contribution in [2.24, 2.45) is 0 Å². The molecule has 1 rings (SSSR count). The van der Waals surface area contributed by atoms with Crippen LogP contribution in [-0.4, -0.2) is 37.7 Å². The Morgan fingerprint density at radius 3 is 2.30 bits per heavy atom. The third-order valence-electron chi connectivity index (χ3n) is 3.18. The largest absolute Gasteiger partial charge is 0.388 e. The summed E-state index contributed by atoms with van der Waals surface area (Å²) in [5.74, 6) is 0.474. The zero-order valence-electron chi connectivity index (χ0n) is 12.6. The molecular formula is C14H23NO3S2. The highest BCUT2D eigenvalue weighted by atomic mass is 32.2. The van der Waals surface area contributed by atoms with Crippen molar-refractivity contribution in [1.29, 1.82) is 0 Å². The lowest BCUT2D eigenvalue weighted by molar-refractivity contribution is 0.0908. The Kier molecular flexibility index (Phi) is 5.66. The van der Waals surface area contributed by atoms with Gasteiger partial charge in [0.15, 0.2) is 0 Å². The monoisotopic (exact) mass is 317 g/mol. The van der Waals surface area contributed by atoms with Gasteiger partial charge in [0.25, 0.3) is 0 Å². The number of rotatable bonds is 6. The minimum atomic E-state index is -3.60. The summed E-state index contributed by atoms with van der Waals surface area (Å²) in [6.07, 6.45) is 1.87. The van der Waals surface area contributed by atoms with Crippen molar-refractivity contribution in [1.82, 2.24) is 4.72 Å². The summed E-state index contributed by atoms with van der Waals surface area (Å²) < 4.78 is 27.2. The first-order chi connectivity index (χ1) is 9.09. The SMILES string of the molecule is CSCC(C)(O)CNS(=O)(=O)c1cc(C)c(C)cc1C. The molecule has 1 aromatic carbocycles. The molecule has 0 heterocycles. The quantitative estimate of drug-likeness (QED) is 0.842. The number of hydrogen-bond donors (Lipinski definition) is 2. The summed E-state index contributed by atoms with van der Waals surface area (Å²) in [6, 6.07) is 3.54. The van der Waals surface area contributed by atoms with Crippen molar-refractivity contribution in [2.45, 2.75) is 38.2 Å². The topological polar surface area (TPSA) is 66.4 Å². The van der Waals surface area contributed by atoms with Crippen LogP contribution < -0.4 is 4.72 Å². The normalized spacial score (nSPS) is 15.1. The highest BCUT2D eigenvalue weighted by Gasteiger charge is 2.24. The molecule has 114 valence electrons. The van der Waals surface area contributed by atoms with E-state index in [1.807, 2.05) is 26.2 Å². The fourth-order valence-corrected chi connectivity index (χ4v) is 4.11. The fourth-order valence-electron chi connectivity index (χ4n) is 1.91. The maximum Gasteiger partial charge on any atom is 0.240 e. The van der Waals surface area contributed by atoms with Crippen LogP contribution in [0.25, 0.3) is 0 Å². The lowest BCUT2D eigenvalue weighted by Crippen LogP contribution is -2.42. The Morgan fingerprint density at radius 1 is 1.20 bits per heavy atom. The number of thioether (sulfide) groups is 1. The van der Waals surface area contributed by atoms with Gasteiger partial charge in [-0.25, -0.2) is 13.1 Å². The van der Waals surface area contributed by atoms with E-state index >= 15 is 0 Å². The van der Waals surface area contributed by atoms with Crippen molar-refractivity contribution in [2.75, 3.05) is 18.6 Å². The van der Waals surface area contributed by atoms with Crippen molar-refractivity contribution < 1.29 is 13.5 Å². The van der Waals surface area contributed by atoms with Crippen molar-refractivity contribution in [3.63, 3.8) is 0 Å². The van der Waals surface area contributed by atoms with E-state index < -0.39 is 15.6 Å². The third-order valence-corrected chi connectivity index (χ3v) is 5.63. The Bertz CT molecular complexity index is 580. The summed E-state index contributed by atoms with van der Waals surface area (Å²) in [7, 11) is -3.60. The molecule has 6 heteroatoms. The molecule has 2 N–H and O–H groups in total. The Morgan fingerprint density at radius 2 is 1.75 bits per heavy atom. The van der Waals surface area contributed by atoms with E-state index in [9.17, 15) is 13.5 Å². The molecule has 20 heavy (non-hydrogen) atoms. The van der Waals surface area contributed by atoms with E-state index in [1.54, 1.807) is 19.9 Å². The molecule has 0 aromatic heterocycles. The zero-order chi connectivity index (χ0) is 15.6. The van der Waals surface area contributed by atoms with Gasteiger partial charge in [0.1, 0.15) is 0 Å². The van der Waals surface area contributed by atoms with Crippen LogP contribution in [0.5, 0.6) is 0 Å². The Hall–Kier alpha value is -0.560. The first kappa shape index (κ1) is 17.5. The Labute approximate surface area is 126 Å². The molecule has 0 saturated heterocycles. The molecule has 0 aliphatic rings. The number of benzene rings is 1. The molecule has 0 bridgehead atoms. The second-order valence-corrected chi connectivity index (χ2v) is 8.06. The molecule has 0 radical (unpaired) electrons. The molecule has 0 aliphatic carbocycles. The van der Waals surface area contributed by atoms with Crippen LogP contribution >= 0.6 is 11.8 Å². The van der Waals surface area contributed by atoms with Crippen molar-refractivity contribution in [3.05, 3.63) is 28.8 Å². The average molecular weight is 317 g/mol. The first-order valence-electron chi connectivity index (χ1n) is 6.38. The Balaban J connectivity index is 2.98. The van der Waals surface area contributed by atoms with Gasteiger partial charge in [-0.3, -0.25) is 0 Å². The standard InChI is InChI=1S/C14H23NO3S2/c1-10-6-12(3)13(7-11(10)2)20(17,18)15-8-14(4,16)9-19-5/h6-7,15-16H,8-9H2,1-5H3. The van der Waals surface area contributed by atoms with Gasteiger partial charge < -0.3 is 5.11 Å². The summed E-state index contributed by atoms with van der Waals surface area (Å²) in [6.45, 7) is 7.25. The van der Waals surface area contributed by atoms with Gasteiger partial charge in [0.05, 0.1) is 10.5 Å². The number of aryl methyl sites for hydroxylation is 3. The van der Waals surface area contributed by atoms with E-state index in [4.69, 9.17) is 0 Å². The summed E-state index contributed by atoms with van der Waals surface area (Å²) in [5, 5.41) is 10.0. The van der Waals surface area contributed by atoms with Crippen LogP contribution in [0, 0.1) is 20.8 Å². The summed E-state index contributed by atoms with van der Waals surface area (Å²) in [4.78, 5) is 0.278. The van der Waals surface area contributed by atoms with E-state index in [1.165, 1.54) is 11.8 Å². The lowest BCUT2D eigenvalue weighted by atomic mass is 10.1. The highest BCUT2D eigenvalue weighted by Crippen LogP contribution is 2.20. The molecule has 0 aliphatic heterocycles. The molecule has 0 amide bonds. The maximum atomic E-state index is 12.3. The van der Waals surface area contributed by atoms with Crippen LogP contribution in [0.4, 0.5) is 0 Å². The van der Waals surface area contributed by atoms with Crippen LogP contribution in [0.15, 0.2) is 17.0 Å². The van der Waals surface area contributed by atoms with E-state index in [0.29, 0.717) is 11.3 Å². The predicted molar refractivity (Wildman–Crippen MR) is 84.8 cm³/mol. The van der Waals surface area contributed by atoms with Crippen LogP contribution in [0.3, 0.4) is 0 Å². The average Bonchev–Trinajstić information content (AvgIpc) is 2.31. The van der Waals surface area contributed by atoms with Crippen LogP contribution in [-0.2, 0) is 10.0 Å². The van der Waals surface area contributed by atoms with Gasteiger partial charge >= 0.3 is 0 Å². The van der Waals surface area contributed by atoms with E-state index in [-0.39, 0.29) is 11.4 Å². The maximum absolute atomic E-state index is 12.3. The number of hydrogen-bond acceptors (Lipinski definition) is 4. The molecule has 1 atom stereocenters. The molecule has 0 saturated carbocycles. The van der Waals surface area contributed by atoms with E-state index in [0.717, 1.165) is 11.1 Å². The number of aliphatic hydroxyl groups is 1.